The second kappa shape index (κ2) is 8.52. The molecule has 0 aromatic heterocycles. The summed E-state index contributed by atoms with van der Waals surface area (Å²) in [7, 11) is 5.88. The minimum absolute atomic E-state index is 0.430. The van der Waals surface area contributed by atoms with E-state index in [0.717, 1.165) is 29.5 Å². The van der Waals surface area contributed by atoms with Gasteiger partial charge in [-0.2, -0.15) is 0 Å². The Hall–Kier alpha value is -1.41. The molecule has 0 spiro atoms. The van der Waals surface area contributed by atoms with Gasteiger partial charge in [0.2, 0.25) is 0 Å². The van der Waals surface area contributed by atoms with E-state index in [1.807, 2.05) is 54.6 Å². The molecule has 0 aliphatic rings. The quantitative estimate of drug-likeness (QED) is 0.300. The third-order valence-corrected chi connectivity index (χ3v) is 5.41. The monoisotopic (exact) mass is 398 g/mol. The Bertz CT molecular complexity index is 781. The van der Waals surface area contributed by atoms with Crippen molar-refractivity contribution < 1.29 is 0 Å². The molecule has 0 saturated carbocycles. The van der Waals surface area contributed by atoms with Gasteiger partial charge >= 0.3 is 0 Å². The molecule has 3 rings (SSSR count). The van der Waals surface area contributed by atoms with Crippen LogP contribution in [0.3, 0.4) is 0 Å². The van der Waals surface area contributed by atoms with Crippen molar-refractivity contribution in [3.8, 4) is 0 Å². The molecule has 3 aromatic rings. The van der Waals surface area contributed by atoms with Gasteiger partial charge in [-0.1, -0.05) is 83.9 Å². The van der Waals surface area contributed by atoms with E-state index in [1.54, 1.807) is 0 Å². The third kappa shape index (κ3) is 3.96. The van der Waals surface area contributed by atoms with E-state index in [4.69, 9.17) is 42.6 Å². The Kier molecular flexibility index (Phi) is 6.35. The van der Waals surface area contributed by atoms with E-state index in [0.29, 0.717) is 21.4 Å². The van der Waals surface area contributed by atoms with Crippen molar-refractivity contribution in [1.82, 2.24) is 0 Å². The molecule has 0 nitrogen and oxygen atoms in total. The fourth-order valence-electron chi connectivity index (χ4n) is 3.56. The van der Waals surface area contributed by atoms with Crippen molar-refractivity contribution in [1.29, 1.82) is 0 Å². The summed E-state index contributed by atoms with van der Waals surface area (Å²) >= 11 is 19.0. The highest BCUT2D eigenvalue weighted by molar-refractivity contribution is 6.31. The van der Waals surface area contributed by atoms with Crippen LogP contribution in [0.15, 0.2) is 72.8 Å². The summed E-state index contributed by atoms with van der Waals surface area (Å²) in [6.45, 7) is 0. The Morgan fingerprint density at radius 3 is 1.35 bits per heavy atom. The summed E-state index contributed by atoms with van der Waals surface area (Å²) in [5.41, 5.74) is 2.87. The number of hydrogen-bond donors (Lipinski definition) is 0. The molecule has 0 amide bonds. The summed E-state index contributed by atoms with van der Waals surface area (Å²) < 4.78 is 0. The molecule has 130 valence electrons. The van der Waals surface area contributed by atoms with Gasteiger partial charge in [0.05, 0.1) is 7.85 Å². The largest absolute Gasteiger partial charge is 0.0886 e. The van der Waals surface area contributed by atoms with Crippen LogP contribution in [-0.4, -0.2) is 7.85 Å². The van der Waals surface area contributed by atoms with Crippen molar-refractivity contribution in [2.45, 2.75) is 24.6 Å². The molecule has 0 atom stereocenters. The van der Waals surface area contributed by atoms with Crippen LogP contribution in [0.25, 0.3) is 0 Å². The molecule has 0 heterocycles. The number of hydrogen-bond acceptors (Lipinski definition) is 0. The standard InChI is InChI=1S/C22H18BCl3/c23-12-4-11-22(16-5-1-8-19(24)13-16,17-6-2-9-20(25)14-17)18-7-3-10-21(26)15-18/h1-3,5-10,13-15H,4,11-12H2. The maximum Gasteiger partial charge on any atom is 0.0653 e. The molecule has 0 N–H and O–H groups in total. The fourth-order valence-corrected chi connectivity index (χ4v) is 4.13. The van der Waals surface area contributed by atoms with Gasteiger partial charge in [0, 0.05) is 20.5 Å². The van der Waals surface area contributed by atoms with Crippen LogP contribution >= 0.6 is 34.8 Å². The molecule has 0 bridgehead atoms. The molecular weight excluding hydrogens is 381 g/mol. The van der Waals surface area contributed by atoms with E-state index in [-0.39, 0.29) is 0 Å². The molecule has 4 heteroatoms. The van der Waals surface area contributed by atoms with Gasteiger partial charge in [-0.25, -0.2) is 0 Å². The van der Waals surface area contributed by atoms with E-state index in [2.05, 4.69) is 18.2 Å². The maximum absolute atomic E-state index is 6.35. The maximum atomic E-state index is 6.35. The fraction of sp³-hybridized carbons (Fsp3) is 0.182. The first-order valence-corrected chi connectivity index (χ1v) is 9.68. The highest BCUT2D eigenvalue weighted by atomic mass is 35.5. The van der Waals surface area contributed by atoms with Crippen molar-refractivity contribution in [2.24, 2.45) is 0 Å². The second-order valence-corrected chi connectivity index (χ2v) is 7.64. The first-order valence-electron chi connectivity index (χ1n) is 8.54. The number of rotatable bonds is 6. The third-order valence-electron chi connectivity index (χ3n) is 4.71. The molecule has 0 fully saturated rings. The van der Waals surface area contributed by atoms with Gasteiger partial charge in [0.1, 0.15) is 0 Å². The molecule has 26 heavy (non-hydrogen) atoms. The zero-order valence-electron chi connectivity index (χ0n) is 14.3. The van der Waals surface area contributed by atoms with Gasteiger partial charge in [0.25, 0.3) is 0 Å². The van der Waals surface area contributed by atoms with Crippen LogP contribution in [-0.2, 0) is 5.41 Å². The van der Waals surface area contributed by atoms with Gasteiger partial charge < -0.3 is 0 Å². The lowest BCUT2D eigenvalue weighted by Gasteiger charge is -2.36. The first kappa shape index (κ1) is 19.4. The molecule has 0 unspecified atom stereocenters. The van der Waals surface area contributed by atoms with Gasteiger partial charge in [-0.15, -0.1) is 0 Å². The van der Waals surface area contributed by atoms with Crippen LogP contribution in [0.1, 0.15) is 29.5 Å². The topological polar surface area (TPSA) is 0 Å². The predicted octanol–water partition coefficient (Wildman–Crippen LogP) is 7.35. The number of benzene rings is 3. The Morgan fingerprint density at radius 1 is 0.654 bits per heavy atom. The van der Waals surface area contributed by atoms with Crippen molar-refractivity contribution in [3.05, 3.63) is 105 Å². The van der Waals surface area contributed by atoms with Crippen LogP contribution in [0.2, 0.25) is 21.4 Å². The van der Waals surface area contributed by atoms with Gasteiger partial charge in [-0.3, -0.25) is 0 Å². The van der Waals surface area contributed by atoms with E-state index < -0.39 is 5.41 Å². The molecule has 2 radical (unpaired) electrons. The average Bonchev–Trinajstić information content (AvgIpc) is 2.63. The lowest BCUT2D eigenvalue weighted by Crippen LogP contribution is -2.29. The lowest BCUT2D eigenvalue weighted by molar-refractivity contribution is 0.550. The smallest absolute Gasteiger partial charge is 0.0653 e. The summed E-state index contributed by atoms with van der Waals surface area (Å²) in [4.78, 5) is 0. The summed E-state index contributed by atoms with van der Waals surface area (Å²) in [6.07, 6.45) is 2.28. The molecule has 0 aliphatic carbocycles. The highest BCUT2D eigenvalue weighted by Crippen LogP contribution is 2.45. The zero-order chi connectivity index (χ0) is 18.6. The summed E-state index contributed by atoms with van der Waals surface area (Å²) in [5.74, 6) is 0. The van der Waals surface area contributed by atoms with Gasteiger partial charge in [-0.05, 0) is 59.5 Å². The molecule has 0 saturated heterocycles. The first-order chi connectivity index (χ1) is 12.6. The Balaban J connectivity index is 2.34. The van der Waals surface area contributed by atoms with E-state index in [9.17, 15) is 0 Å². The SMILES string of the molecule is [B]CCCC(c1cccc(Cl)c1)(c1cccc(Cl)c1)c1cccc(Cl)c1. The predicted molar refractivity (Wildman–Crippen MR) is 114 cm³/mol. The summed E-state index contributed by atoms with van der Waals surface area (Å²) in [5, 5.41) is 2.09. The van der Waals surface area contributed by atoms with Crippen LogP contribution in [0.4, 0.5) is 0 Å². The molecule has 0 aliphatic heterocycles. The normalized spacial score (nSPS) is 11.5. The van der Waals surface area contributed by atoms with Crippen LogP contribution in [0.5, 0.6) is 0 Å². The lowest BCUT2D eigenvalue weighted by atomic mass is 9.66. The number of halogens is 3. The molecule has 3 aromatic carbocycles. The van der Waals surface area contributed by atoms with Gasteiger partial charge in [0.15, 0.2) is 0 Å². The Morgan fingerprint density at radius 2 is 1.04 bits per heavy atom. The van der Waals surface area contributed by atoms with Crippen molar-refractivity contribution >= 4 is 42.6 Å². The zero-order valence-corrected chi connectivity index (χ0v) is 16.5. The van der Waals surface area contributed by atoms with Crippen LogP contribution in [0, 0.1) is 0 Å². The second-order valence-electron chi connectivity index (χ2n) is 6.33. The Labute approximate surface area is 171 Å². The minimum Gasteiger partial charge on any atom is -0.0886 e. The van der Waals surface area contributed by atoms with Crippen molar-refractivity contribution in [2.75, 3.05) is 0 Å². The summed E-state index contributed by atoms with van der Waals surface area (Å²) in [6, 6.07) is 23.9. The molecular formula is C22H18BCl3. The highest BCUT2D eigenvalue weighted by Gasteiger charge is 2.36. The average molecular weight is 400 g/mol. The van der Waals surface area contributed by atoms with Crippen LogP contribution < -0.4 is 0 Å². The van der Waals surface area contributed by atoms with Crippen molar-refractivity contribution in [3.63, 3.8) is 0 Å². The van der Waals surface area contributed by atoms with E-state index in [1.165, 1.54) is 0 Å². The minimum atomic E-state index is -0.430. The van der Waals surface area contributed by atoms with E-state index >= 15 is 0 Å².